The SMILES string of the molecule is Cc1cc(N2CCN(c3ncccn3)CC2)nc2ccc(NC(=O)Cc3ccccc3Br)cc12. The zero-order chi connectivity index (χ0) is 23.5. The molecule has 1 saturated heterocycles. The Balaban J connectivity index is 1.28. The summed E-state index contributed by atoms with van der Waals surface area (Å²) in [5.41, 5.74) is 3.80. The van der Waals surface area contributed by atoms with Crippen LogP contribution in [-0.4, -0.2) is 47.0 Å². The minimum atomic E-state index is -0.0475. The van der Waals surface area contributed by atoms with Gasteiger partial charge in [-0.25, -0.2) is 15.0 Å². The third-order valence-electron chi connectivity index (χ3n) is 6.03. The van der Waals surface area contributed by atoms with Crippen LogP contribution in [0.4, 0.5) is 17.5 Å². The highest BCUT2D eigenvalue weighted by Gasteiger charge is 2.20. The van der Waals surface area contributed by atoms with E-state index in [0.29, 0.717) is 6.42 Å². The van der Waals surface area contributed by atoms with Gasteiger partial charge in [-0.15, -0.1) is 0 Å². The van der Waals surface area contributed by atoms with E-state index in [1.165, 1.54) is 0 Å². The van der Waals surface area contributed by atoms with Crippen LogP contribution in [0.5, 0.6) is 0 Å². The second-order valence-corrected chi connectivity index (χ2v) is 9.22. The van der Waals surface area contributed by atoms with E-state index in [-0.39, 0.29) is 5.91 Å². The van der Waals surface area contributed by atoms with Crippen LogP contribution in [0.25, 0.3) is 10.9 Å². The Morgan fingerprint density at radius 2 is 1.71 bits per heavy atom. The van der Waals surface area contributed by atoms with E-state index in [9.17, 15) is 4.79 Å². The number of aromatic nitrogens is 3. The number of hydrogen-bond acceptors (Lipinski definition) is 6. The summed E-state index contributed by atoms with van der Waals surface area (Å²) in [6.07, 6.45) is 3.87. The van der Waals surface area contributed by atoms with Crippen LogP contribution in [0.15, 0.2) is 71.5 Å². The molecule has 1 amide bonds. The first-order chi connectivity index (χ1) is 16.6. The Kier molecular flexibility index (Phi) is 6.40. The van der Waals surface area contributed by atoms with Crippen molar-refractivity contribution >= 4 is 50.2 Å². The lowest BCUT2D eigenvalue weighted by atomic mass is 10.1. The van der Waals surface area contributed by atoms with Gasteiger partial charge in [-0.2, -0.15) is 0 Å². The monoisotopic (exact) mass is 516 g/mol. The van der Waals surface area contributed by atoms with Crippen LogP contribution in [0, 0.1) is 6.92 Å². The van der Waals surface area contributed by atoms with Crippen LogP contribution in [-0.2, 0) is 11.2 Å². The van der Waals surface area contributed by atoms with Crippen molar-refractivity contribution in [3.63, 3.8) is 0 Å². The van der Waals surface area contributed by atoms with Gasteiger partial charge in [0.15, 0.2) is 0 Å². The second kappa shape index (κ2) is 9.77. The highest BCUT2D eigenvalue weighted by molar-refractivity contribution is 9.10. The van der Waals surface area contributed by atoms with E-state index in [1.807, 2.05) is 48.5 Å². The molecular weight excluding hydrogens is 492 g/mol. The van der Waals surface area contributed by atoms with Crippen molar-refractivity contribution in [3.05, 3.63) is 82.6 Å². The predicted octanol–water partition coefficient (Wildman–Crippen LogP) is 4.60. The molecule has 3 heterocycles. The number of fused-ring (bicyclic) bond motifs is 1. The molecule has 1 aliphatic heterocycles. The summed E-state index contributed by atoms with van der Waals surface area (Å²) in [5.74, 6) is 1.71. The average Bonchev–Trinajstić information content (AvgIpc) is 2.86. The number of rotatable bonds is 5. The Bertz CT molecular complexity index is 1320. The fraction of sp³-hybridized carbons (Fsp3) is 0.231. The van der Waals surface area contributed by atoms with E-state index < -0.39 is 0 Å². The normalized spacial score (nSPS) is 13.8. The third kappa shape index (κ3) is 4.87. The molecule has 1 N–H and O–H groups in total. The van der Waals surface area contributed by atoms with E-state index in [0.717, 1.165) is 70.1 Å². The molecule has 0 saturated carbocycles. The Morgan fingerprint density at radius 3 is 2.47 bits per heavy atom. The summed E-state index contributed by atoms with van der Waals surface area (Å²) < 4.78 is 0.938. The smallest absolute Gasteiger partial charge is 0.228 e. The lowest BCUT2D eigenvalue weighted by molar-refractivity contribution is -0.115. The number of carbonyl (C=O) groups is 1. The van der Waals surface area contributed by atoms with Gasteiger partial charge >= 0.3 is 0 Å². The van der Waals surface area contributed by atoms with E-state index in [1.54, 1.807) is 12.4 Å². The minimum absolute atomic E-state index is 0.0475. The molecule has 0 bridgehead atoms. The number of halogens is 1. The second-order valence-electron chi connectivity index (χ2n) is 8.37. The molecule has 5 rings (SSSR count). The molecule has 2 aromatic heterocycles. The fourth-order valence-corrected chi connectivity index (χ4v) is 4.65. The molecule has 2 aromatic carbocycles. The van der Waals surface area contributed by atoms with Crippen molar-refractivity contribution < 1.29 is 4.79 Å². The Morgan fingerprint density at radius 1 is 0.971 bits per heavy atom. The zero-order valence-electron chi connectivity index (χ0n) is 18.9. The molecule has 0 radical (unpaired) electrons. The number of amides is 1. The number of aryl methyl sites for hydroxylation is 1. The standard InChI is InChI=1S/C26H25BrN6O/c1-18-15-24(32-11-13-33(14-12-32)26-28-9-4-10-29-26)31-23-8-7-20(17-21(18)23)30-25(34)16-19-5-2-3-6-22(19)27/h2-10,15,17H,11-14,16H2,1H3,(H,30,34). The highest BCUT2D eigenvalue weighted by atomic mass is 79.9. The maximum Gasteiger partial charge on any atom is 0.228 e. The molecule has 0 aliphatic carbocycles. The van der Waals surface area contributed by atoms with Crippen LogP contribution >= 0.6 is 15.9 Å². The first-order valence-corrected chi connectivity index (χ1v) is 12.1. The molecular formula is C26H25BrN6O. The van der Waals surface area contributed by atoms with Gasteiger partial charge in [0.1, 0.15) is 5.82 Å². The average molecular weight is 517 g/mol. The van der Waals surface area contributed by atoms with Gasteiger partial charge in [-0.3, -0.25) is 4.79 Å². The van der Waals surface area contributed by atoms with Gasteiger partial charge in [-0.1, -0.05) is 34.1 Å². The van der Waals surface area contributed by atoms with E-state index in [2.05, 4.69) is 54.0 Å². The largest absolute Gasteiger partial charge is 0.353 e. The molecule has 0 atom stereocenters. The highest BCUT2D eigenvalue weighted by Crippen LogP contribution is 2.26. The predicted molar refractivity (Wildman–Crippen MR) is 139 cm³/mol. The number of anilines is 3. The third-order valence-corrected chi connectivity index (χ3v) is 6.81. The lowest BCUT2D eigenvalue weighted by Crippen LogP contribution is -2.47. The van der Waals surface area contributed by atoms with E-state index in [4.69, 9.17) is 4.98 Å². The molecule has 172 valence electrons. The Labute approximate surface area is 207 Å². The number of nitrogens with one attached hydrogen (secondary N) is 1. The van der Waals surface area contributed by atoms with Gasteiger partial charge in [0.05, 0.1) is 11.9 Å². The number of nitrogens with zero attached hydrogens (tertiary/aromatic N) is 5. The molecule has 4 aromatic rings. The van der Waals surface area contributed by atoms with Gasteiger partial charge in [0.2, 0.25) is 11.9 Å². The number of pyridine rings is 1. The zero-order valence-corrected chi connectivity index (χ0v) is 20.5. The van der Waals surface area contributed by atoms with Crippen LogP contribution in [0.1, 0.15) is 11.1 Å². The maximum atomic E-state index is 12.6. The lowest BCUT2D eigenvalue weighted by Gasteiger charge is -2.35. The molecule has 0 spiro atoms. The molecule has 7 nitrogen and oxygen atoms in total. The number of piperazine rings is 1. The minimum Gasteiger partial charge on any atom is -0.353 e. The first-order valence-electron chi connectivity index (χ1n) is 11.3. The van der Waals surface area contributed by atoms with Crippen LogP contribution < -0.4 is 15.1 Å². The summed E-state index contributed by atoms with van der Waals surface area (Å²) in [4.78, 5) is 30.7. The van der Waals surface area contributed by atoms with Crippen molar-refractivity contribution in [2.75, 3.05) is 41.3 Å². The van der Waals surface area contributed by atoms with Gasteiger partial charge < -0.3 is 15.1 Å². The Hall–Kier alpha value is -3.52. The molecule has 8 heteroatoms. The van der Waals surface area contributed by atoms with Gasteiger partial charge in [0.25, 0.3) is 0 Å². The van der Waals surface area contributed by atoms with Crippen molar-refractivity contribution in [3.8, 4) is 0 Å². The number of carbonyl (C=O) groups excluding carboxylic acids is 1. The summed E-state index contributed by atoms with van der Waals surface area (Å²) in [7, 11) is 0. The summed E-state index contributed by atoms with van der Waals surface area (Å²) in [5, 5.41) is 4.06. The fourth-order valence-electron chi connectivity index (χ4n) is 4.23. The molecule has 0 unspecified atom stereocenters. The van der Waals surface area contributed by atoms with Crippen molar-refractivity contribution in [1.82, 2.24) is 15.0 Å². The maximum absolute atomic E-state index is 12.6. The molecule has 34 heavy (non-hydrogen) atoms. The van der Waals surface area contributed by atoms with Crippen LogP contribution in [0.3, 0.4) is 0 Å². The summed E-state index contributed by atoms with van der Waals surface area (Å²) in [6.45, 7) is 5.52. The quantitative estimate of drug-likeness (QED) is 0.417. The topological polar surface area (TPSA) is 74.2 Å². The molecule has 1 fully saturated rings. The summed E-state index contributed by atoms with van der Waals surface area (Å²) in [6, 6.07) is 17.6. The number of benzene rings is 2. The first kappa shape index (κ1) is 22.3. The van der Waals surface area contributed by atoms with Crippen molar-refractivity contribution in [2.24, 2.45) is 0 Å². The van der Waals surface area contributed by atoms with Crippen molar-refractivity contribution in [1.29, 1.82) is 0 Å². The molecule has 1 aliphatic rings. The van der Waals surface area contributed by atoms with Crippen LogP contribution in [0.2, 0.25) is 0 Å². The summed E-state index contributed by atoms with van der Waals surface area (Å²) >= 11 is 3.51. The number of hydrogen-bond donors (Lipinski definition) is 1. The van der Waals surface area contributed by atoms with Gasteiger partial charge in [-0.05, 0) is 54.4 Å². The van der Waals surface area contributed by atoms with Gasteiger partial charge in [0, 0.05) is 54.1 Å². The van der Waals surface area contributed by atoms with E-state index >= 15 is 0 Å². The van der Waals surface area contributed by atoms with Crippen molar-refractivity contribution in [2.45, 2.75) is 13.3 Å².